The van der Waals surface area contributed by atoms with E-state index in [0.29, 0.717) is 0 Å². The average Bonchev–Trinajstić information content (AvgIpc) is 2.47. The fraction of sp³-hybridized carbons (Fsp3) is 0.400. The molecule has 24 heavy (non-hydrogen) atoms. The van der Waals surface area contributed by atoms with Crippen molar-refractivity contribution in [2.45, 2.75) is 51.8 Å². The van der Waals surface area contributed by atoms with Crippen LogP contribution in [-0.2, 0) is 6.54 Å². The minimum atomic E-state index is -0.458. The summed E-state index contributed by atoms with van der Waals surface area (Å²) in [6.07, 6.45) is 0. The van der Waals surface area contributed by atoms with Crippen LogP contribution in [0.1, 0.15) is 51.7 Å². The summed E-state index contributed by atoms with van der Waals surface area (Å²) in [6, 6.07) is 14.4. The number of rotatable bonds is 4. The molecule has 0 saturated carbocycles. The van der Waals surface area contributed by atoms with Gasteiger partial charge in [-0.2, -0.15) is 0 Å². The summed E-state index contributed by atoms with van der Waals surface area (Å²) in [5.74, 6) is -1.02. The third-order valence-electron chi connectivity index (χ3n) is 3.07. The largest absolute Gasteiger partial charge is 0.259 e. The molecule has 0 atom stereocenters. The Balaban J connectivity index is 0.000000243. The molecule has 0 aliphatic carbocycles. The molecule has 0 amide bonds. The van der Waals surface area contributed by atoms with E-state index in [9.17, 15) is 8.78 Å². The zero-order valence-electron chi connectivity index (χ0n) is 15.1. The second-order valence-electron chi connectivity index (χ2n) is 6.81. The highest BCUT2D eigenvalue weighted by atomic mass is 32.2. The first-order valence-electron chi connectivity index (χ1n) is 8.09. The van der Waals surface area contributed by atoms with Crippen molar-refractivity contribution in [1.82, 2.24) is 4.72 Å². The number of benzene rings is 2. The molecule has 0 unspecified atom stereocenters. The smallest absolute Gasteiger partial charge is 0.129 e. The third kappa shape index (κ3) is 7.93. The van der Waals surface area contributed by atoms with Crippen LogP contribution in [-0.4, -0.2) is 4.75 Å². The first kappa shape index (κ1) is 20.7. The summed E-state index contributed by atoms with van der Waals surface area (Å²) >= 11 is 1.78. The van der Waals surface area contributed by atoms with Gasteiger partial charge in [-0.05, 0) is 44.4 Å². The quantitative estimate of drug-likeness (QED) is 0.648. The molecule has 0 radical (unpaired) electrons. The second kappa shape index (κ2) is 9.80. The van der Waals surface area contributed by atoms with E-state index in [-0.39, 0.29) is 16.2 Å². The highest BCUT2D eigenvalue weighted by Crippen LogP contribution is 2.21. The van der Waals surface area contributed by atoms with Crippen LogP contribution in [0.2, 0.25) is 0 Å². The molecule has 1 nitrogen and oxygen atoms in total. The summed E-state index contributed by atoms with van der Waals surface area (Å²) in [6.45, 7) is 11.1. The van der Waals surface area contributed by atoms with Gasteiger partial charge in [0.05, 0.1) is 0 Å². The molecule has 0 aliphatic rings. The number of halogens is 2. The molecule has 0 aliphatic heterocycles. The van der Waals surface area contributed by atoms with E-state index in [1.165, 1.54) is 23.8 Å². The minimum absolute atomic E-state index is 0.101. The average molecular weight is 352 g/mol. The second-order valence-corrected chi connectivity index (χ2v) is 8.53. The summed E-state index contributed by atoms with van der Waals surface area (Å²) in [4.78, 5) is 0. The van der Waals surface area contributed by atoms with Gasteiger partial charge >= 0.3 is 0 Å². The zero-order valence-corrected chi connectivity index (χ0v) is 15.9. The lowest BCUT2D eigenvalue weighted by Crippen LogP contribution is -2.16. The Hall–Kier alpha value is -1.39. The Bertz CT molecular complexity index is 587. The van der Waals surface area contributed by atoms with Crippen molar-refractivity contribution in [2.75, 3.05) is 0 Å². The predicted octanol–water partition coefficient (Wildman–Crippen LogP) is 6.31. The van der Waals surface area contributed by atoms with Gasteiger partial charge in [-0.1, -0.05) is 62.2 Å². The van der Waals surface area contributed by atoms with Gasteiger partial charge in [-0.15, -0.1) is 0 Å². The molecule has 2 rings (SSSR count). The van der Waals surface area contributed by atoms with Crippen LogP contribution in [0.25, 0.3) is 0 Å². The van der Waals surface area contributed by atoms with E-state index in [2.05, 4.69) is 49.8 Å². The maximum Gasteiger partial charge on any atom is 0.129 e. The maximum absolute atomic E-state index is 12.9. The third-order valence-corrected chi connectivity index (χ3v) is 3.98. The van der Waals surface area contributed by atoms with Crippen LogP contribution >= 0.6 is 11.9 Å². The van der Waals surface area contributed by atoms with Crippen molar-refractivity contribution in [2.24, 2.45) is 0 Å². The van der Waals surface area contributed by atoms with Crippen LogP contribution in [0.3, 0.4) is 0 Å². The summed E-state index contributed by atoms with van der Waals surface area (Å²) in [7, 11) is 0. The summed E-state index contributed by atoms with van der Waals surface area (Å²) in [5, 5.41) is 0. The van der Waals surface area contributed by atoms with Crippen molar-refractivity contribution in [3.63, 3.8) is 0 Å². The predicted molar refractivity (Wildman–Crippen MR) is 101 cm³/mol. The van der Waals surface area contributed by atoms with Gasteiger partial charge in [0, 0.05) is 16.9 Å². The van der Waals surface area contributed by atoms with Gasteiger partial charge in [0.2, 0.25) is 0 Å². The molecule has 4 heteroatoms. The topological polar surface area (TPSA) is 12.0 Å². The fourth-order valence-electron chi connectivity index (χ4n) is 1.99. The number of nitrogens with one attached hydrogen (secondary N) is 1. The van der Waals surface area contributed by atoms with Gasteiger partial charge in [0.25, 0.3) is 0 Å². The van der Waals surface area contributed by atoms with Crippen LogP contribution in [0.15, 0.2) is 48.5 Å². The molecule has 2 aromatic rings. The van der Waals surface area contributed by atoms with Crippen LogP contribution in [0, 0.1) is 11.6 Å². The van der Waals surface area contributed by atoms with Crippen molar-refractivity contribution in [3.05, 3.63) is 71.3 Å². The van der Waals surface area contributed by atoms with Crippen molar-refractivity contribution in [3.8, 4) is 0 Å². The first-order valence-corrected chi connectivity index (χ1v) is 8.91. The Morgan fingerprint density at radius 1 is 0.917 bits per heavy atom. The molecule has 0 heterocycles. The number of hydrogen-bond acceptors (Lipinski definition) is 2. The molecular weight excluding hydrogens is 324 g/mol. The molecule has 132 valence electrons. The van der Waals surface area contributed by atoms with E-state index < -0.39 is 11.6 Å². The summed E-state index contributed by atoms with van der Waals surface area (Å²) < 4.78 is 29.4. The Labute approximate surface area is 149 Å². The fourth-order valence-corrected chi connectivity index (χ4v) is 2.67. The minimum Gasteiger partial charge on any atom is -0.259 e. The Morgan fingerprint density at radius 3 is 1.88 bits per heavy atom. The van der Waals surface area contributed by atoms with Crippen LogP contribution < -0.4 is 4.72 Å². The first-order chi connectivity index (χ1) is 11.2. The van der Waals surface area contributed by atoms with Crippen molar-refractivity contribution >= 4 is 11.9 Å². The molecule has 2 aromatic carbocycles. The van der Waals surface area contributed by atoms with Gasteiger partial charge < -0.3 is 0 Å². The van der Waals surface area contributed by atoms with E-state index in [0.717, 1.165) is 6.54 Å². The summed E-state index contributed by atoms with van der Waals surface area (Å²) in [5.41, 5.74) is 1.51. The monoisotopic (exact) mass is 351 g/mol. The normalized spacial score (nSPS) is 11.2. The van der Waals surface area contributed by atoms with Crippen molar-refractivity contribution < 1.29 is 8.78 Å². The van der Waals surface area contributed by atoms with E-state index in [1.807, 2.05) is 6.07 Å². The van der Waals surface area contributed by atoms with Gasteiger partial charge in [0.15, 0.2) is 0 Å². The SMILES string of the molecule is CC(C)(C)SNCc1ccccc1.CC(C)c1c(F)cccc1F. The van der Waals surface area contributed by atoms with E-state index >= 15 is 0 Å². The van der Waals surface area contributed by atoms with Gasteiger partial charge in [-0.25, -0.2) is 8.78 Å². The molecule has 0 fully saturated rings. The standard InChI is InChI=1S/C11H17NS.C9H10F2/c1-11(2,3)13-12-9-10-7-5-4-6-8-10;1-6(2)9-7(10)4-3-5-8(9)11/h4-8,12H,9H2,1-3H3;3-6H,1-2H3. The van der Waals surface area contributed by atoms with Crippen molar-refractivity contribution in [1.29, 1.82) is 0 Å². The highest BCUT2D eigenvalue weighted by molar-refractivity contribution is 7.98. The van der Waals surface area contributed by atoms with Gasteiger partial charge in [0.1, 0.15) is 11.6 Å². The lowest BCUT2D eigenvalue weighted by molar-refractivity contribution is 0.542. The lowest BCUT2D eigenvalue weighted by atomic mass is 10.0. The zero-order chi connectivity index (χ0) is 18.2. The molecule has 0 aromatic heterocycles. The molecule has 0 bridgehead atoms. The maximum atomic E-state index is 12.9. The van der Waals surface area contributed by atoms with Crippen LogP contribution in [0.4, 0.5) is 8.78 Å². The molecular formula is C20H27F2NS. The van der Waals surface area contributed by atoms with E-state index in [4.69, 9.17) is 0 Å². The Morgan fingerprint density at radius 2 is 1.46 bits per heavy atom. The highest BCUT2D eigenvalue weighted by Gasteiger charge is 2.11. The number of hydrogen-bond donors (Lipinski definition) is 1. The Kier molecular flexibility index (Phi) is 8.43. The molecule has 0 spiro atoms. The lowest BCUT2D eigenvalue weighted by Gasteiger charge is -2.17. The van der Waals surface area contributed by atoms with Crippen LogP contribution in [0.5, 0.6) is 0 Å². The molecule has 1 N–H and O–H groups in total. The van der Waals surface area contributed by atoms with Gasteiger partial charge in [-0.3, -0.25) is 4.72 Å². The van der Waals surface area contributed by atoms with E-state index in [1.54, 1.807) is 25.8 Å². The molecule has 0 saturated heterocycles.